The van der Waals surface area contributed by atoms with E-state index >= 15 is 0 Å². The van der Waals surface area contributed by atoms with Crippen LogP contribution in [0.25, 0.3) is 0 Å². The zero-order valence-electron chi connectivity index (χ0n) is 13.6. The minimum atomic E-state index is -3.48. The number of rotatable bonds is 5. The highest BCUT2D eigenvalue weighted by molar-refractivity contribution is 7.89. The molecule has 1 fully saturated rings. The van der Waals surface area contributed by atoms with Crippen molar-refractivity contribution in [1.82, 2.24) is 9.62 Å². The number of hydrogen-bond donors (Lipinski definition) is 1. The topological polar surface area (TPSA) is 62.6 Å². The van der Waals surface area contributed by atoms with Gasteiger partial charge >= 0.3 is 0 Å². The summed E-state index contributed by atoms with van der Waals surface area (Å²) in [4.78, 5) is 0.360. The number of nitrogens with one attached hydrogen (secondary N) is 1. The Morgan fingerprint density at radius 1 is 1.29 bits per heavy atom. The van der Waals surface area contributed by atoms with Gasteiger partial charge < -0.3 is 9.73 Å². The first-order valence-electron chi connectivity index (χ1n) is 7.49. The summed E-state index contributed by atoms with van der Waals surface area (Å²) in [6.45, 7) is 12.2. The van der Waals surface area contributed by atoms with Crippen molar-refractivity contribution in [3.8, 4) is 0 Å². The molecule has 1 saturated heterocycles. The molecule has 1 aliphatic heterocycles. The minimum absolute atomic E-state index is 0.0432. The molecule has 0 aromatic carbocycles. The normalized spacial score (nSPS) is 19.3. The molecule has 6 heteroatoms. The molecule has 120 valence electrons. The summed E-state index contributed by atoms with van der Waals surface area (Å²) in [5, 5.41) is 3.20. The van der Waals surface area contributed by atoms with Crippen LogP contribution in [-0.4, -0.2) is 32.4 Å². The standard InChI is InChI=1S/C15H26N2O3S/c1-6-16-9-13-11(2)20-12(3)14(13)21(18,19)17-8-7-15(4,5)10-17/h16H,6-10H2,1-5H3. The molecule has 0 atom stereocenters. The van der Waals surface area contributed by atoms with Crippen molar-refractivity contribution in [2.24, 2.45) is 5.41 Å². The van der Waals surface area contributed by atoms with E-state index in [-0.39, 0.29) is 5.41 Å². The van der Waals surface area contributed by atoms with E-state index in [1.807, 2.05) is 13.8 Å². The summed E-state index contributed by atoms with van der Waals surface area (Å²) in [7, 11) is -3.48. The van der Waals surface area contributed by atoms with Crippen LogP contribution in [0.15, 0.2) is 9.31 Å². The second-order valence-electron chi connectivity index (χ2n) is 6.56. The number of sulfonamides is 1. The zero-order valence-corrected chi connectivity index (χ0v) is 14.4. The predicted octanol–water partition coefficient (Wildman–Crippen LogP) is 2.43. The molecule has 0 amide bonds. The number of nitrogens with zero attached hydrogens (tertiary/aromatic N) is 1. The third-order valence-corrected chi connectivity index (χ3v) is 6.16. The van der Waals surface area contributed by atoms with Crippen LogP contribution in [0.3, 0.4) is 0 Å². The second kappa shape index (κ2) is 5.74. The van der Waals surface area contributed by atoms with Crippen molar-refractivity contribution in [3.63, 3.8) is 0 Å². The van der Waals surface area contributed by atoms with E-state index in [1.165, 1.54) is 0 Å². The first kappa shape index (κ1) is 16.5. The average Bonchev–Trinajstić information content (AvgIpc) is 2.87. The molecule has 0 unspecified atom stereocenters. The summed E-state index contributed by atoms with van der Waals surface area (Å²) in [6.07, 6.45) is 0.894. The summed E-state index contributed by atoms with van der Waals surface area (Å²) in [6, 6.07) is 0. The lowest BCUT2D eigenvalue weighted by atomic mass is 9.93. The van der Waals surface area contributed by atoms with Crippen molar-refractivity contribution in [3.05, 3.63) is 17.1 Å². The fourth-order valence-corrected chi connectivity index (χ4v) is 4.94. The van der Waals surface area contributed by atoms with E-state index in [4.69, 9.17) is 4.42 Å². The van der Waals surface area contributed by atoms with E-state index in [1.54, 1.807) is 11.2 Å². The van der Waals surface area contributed by atoms with Gasteiger partial charge in [0.1, 0.15) is 16.4 Å². The lowest BCUT2D eigenvalue weighted by molar-refractivity contribution is 0.375. The molecule has 1 aromatic rings. The van der Waals surface area contributed by atoms with Crippen molar-refractivity contribution >= 4 is 10.0 Å². The highest BCUT2D eigenvalue weighted by Gasteiger charge is 2.39. The average molecular weight is 314 g/mol. The number of furan rings is 1. The zero-order chi connectivity index (χ0) is 15.8. The molecule has 1 aromatic heterocycles. The minimum Gasteiger partial charge on any atom is -0.465 e. The van der Waals surface area contributed by atoms with Gasteiger partial charge in [0.15, 0.2) is 0 Å². The van der Waals surface area contributed by atoms with Crippen molar-refractivity contribution in [2.45, 2.75) is 52.5 Å². The van der Waals surface area contributed by atoms with Crippen LogP contribution < -0.4 is 5.32 Å². The van der Waals surface area contributed by atoms with Gasteiger partial charge in [0.05, 0.1) is 0 Å². The van der Waals surface area contributed by atoms with E-state index < -0.39 is 10.0 Å². The Hall–Kier alpha value is -0.850. The van der Waals surface area contributed by atoms with Gasteiger partial charge in [0.2, 0.25) is 10.0 Å². The molecule has 0 bridgehead atoms. The van der Waals surface area contributed by atoms with Gasteiger partial charge in [-0.3, -0.25) is 0 Å². The fraction of sp³-hybridized carbons (Fsp3) is 0.733. The summed E-state index contributed by atoms with van der Waals surface area (Å²) < 4.78 is 33.1. The van der Waals surface area contributed by atoms with Crippen molar-refractivity contribution < 1.29 is 12.8 Å². The monoisotopic (exact) mass is 314 g/mol. The number of hydrogen-bond acceptors (Lipinski definition) is 4. The molecule has 5 nitrogen and oxygen atoms in total. The maximum atomic E-state index is 13.0. The highest BCUT2D eigenvalue weighted by atomic mass is 32.2. The van der Waals surface area contributed by atoms with E-state index in [2.05, 4.69) is 19.2 Å². The maximum Gasteiger partial charge on any atom is 0.246 e. The number of aryl methyl sites for hydroxylation is 2. The van der Waals surface area contributed by atoms with E-state index in [0.29, 0.717) is 36.1 Å². The highest BCUT2D eigenvalue weighted by Crippen LogP contribution is 2.36. The van der Waals surface area contributed by atoms with Crippen LogP contribution in [0.4, 0.5) is 0 Å². The van der Waals surface area contributed by atoms with E-state index in [9.17, 15) is 8.42 Å². The molecule has 0 aliphatic carbocycles. The molecule has 0 saturated carbocycles. The van der Waals surface area contributed by atoms with Crippen LogP contribution in [-0.2, 0) is 16.6 Å². The van der Waals surface area contributed by atoms with Crippen LogP contribution in [0.1, 0.15) is 44.3 Å². The Labute approximate surface area is 127 Å². The van der Waals surface area contributed by atoms with Gasteiger partial charge in [-0.25, -0.2) is 8.42 Å². The summed E-state index contributed by atoms with van der Waals surface area (Å²) in [5.41, 5.74) is 0.806. The quantitative estimate of drug-likeness (QED) is 0.906. The first-order valence-corrected chi connectivity index (χ1v) is 8.93. The molecule has 1 N–H and O–H groups in total. The first-order chi connectivity index (χ1) is 9.69. The Kier molecular flexibility index (Phi) is 4.52. The predicted molar refractivity (Wildman–Crippen MR) is 82.7 cm³/mol. The Morgan fingerprint density at radius 3 is 2.48 bits per heavy atom. The lowest BCUT2D eigenvalue weighted by Gasteiger charge is -2.20. The smallest absolute Gasteiger partial charge is 0.246 e. The molecule has 2 rings (SSSR count). The van der Waals surface area contributed by atoms with Crippen LogP contribution in [0, 0.1) is 19.3 Å². The Morgan fingerprint density at radius 2 is 1.95 bits per heavy atom. The van der Waals surface area contributed by atoms with Gasteiger partial charge in [-0.1, -0.05) is 20.8 Å². The third kappa shape index (κ3) is 3.17. The van der Waals surface area contributed by atoms with Crippen molar-refractivity contribution in [1.29, 1.82) is 0 Å². The summed E-state index contributed by atoms with van der Waals surface area (Å²) in [5.74, 6) is 1.18. The van der Waals surface area contributed by atoms with Crippen LogP contribution >= 0.6 is 0 Å². The third-order valence-electron chi connectivity index (χ3n) is 4.12. The summed E-state index contributed by atoms with van der Waals surface area (Å²) >= 11 is 0. The van der Waals surface area contributed by atoms with Crippen LogP contribution in [0.5, 0.6) is 0 Å². The Balaban J connectivity index is 2.41. The molecule has 21 heavy (non-hydrogen) atoms. The molecule has 0 spiro atoms. The SMILES string of the molecule is CCNCc1c(C)oc(C)c1S(=O)(=O)N1CCC(C)(C)C1. The second-order valence-corrected chi connectivity index (χ2v) is 8.43. The van der Waals surface area contributed by atoms with Gasteiger partial charge in [-0.2, -0.15) is 4.31 Å². The lowest BCUT2D eigenvalue weighted by Crippen LogP contribution is -2.31. The molecular formula is C15H26N2O3S. The van der Waals surface area contributed by atoms with Gasteiger partial charge in [0, 0.05) is 25.2 Å². The largest absolute Gasteiger partial charge is 0.465 e. The molecular weight excluding hydrogens is 288 g/mol. The van der Waals surface area contributed by atoms with Crippen molar-refractivity contribution in [2.75, 3.05) is 19.6 Å². The van der Waals surface area contributed by atoms with Gasteiger partial charge in [0.25, 0.3) is 0 Å². The van der Waals surface area contributed by atoms with Crippen LogP contribution in [0.2, 0.25) is 0 Å². The molecule has 2 heterocycles. The maximum absolute atomic E-state index is 13.0. The Bertz CT molecular complexity index is 617. The van der Waals surface area contributed by atoms with Gasteiger partial charge in [-0.15, -0.1) is 0 Å². The molecule has 0 radical (unpaired) electrons. The van der Waals surface area contributed by atoms with Gasteiger partial charge in [-0.05, 0) is 32.2 Å². The van der Waals surface area contributed by atoms with E-state index in [0.717, 1.165) is 18.5 Å². The fourth-order valence-electron chi connectivity index (χ4n) is 2.90. The molecule has 1 aliphatic rings.